The summed E-state index contributed by atoms with van der Waals surface area (Å²) in [5.41, 5.74) is 5.10. The molecule has 0 saturated heterocycles. The van der Waals surface area contributed by atoms with Crippen molar-refractivity contribution in [1.29, 1.82) is 0 Å². The first-order valence-corrected chi connectivity index (χ1v) is 21.1. The van der Waals surface area contributed by atoms with Gasteiger partial charge in [-0.25, -0.2) is 4.79 Å². The third-order valence-electron chi connectivity index (χ3n) is 14.4. The van der Waals surface area contributed by atoms with Crippen LogP contribution in [0.2, 0.25) is 0 Å². The Morgan fingerprint density at radius 1 is 0.868 bits per heavy atom. The number of hydrogen-bond donors (Lipinski definition) is 0. The van der Waals surface area contributed by atoms with Gasteiger partial charge in [0.05, 0.1) is 45.1 Å². The molecule has 8 atom stereocenters. The van der Waals surface area contributed by atoms with E-state index in [4.69, 9.17) is 23.7 Å². The molecule has 296 valence electrons. The molecule has 1 heterocycles. The number of ether oxygens (including phenoxy) is 5. The number of benzene rings is 1. The molecule has 0 N–H and O–H groups in total. The van der Waals surface area contributed by atoms with E-state index in [1.165, 1.54) is 51.4 Å². The molecule has 0 unspecified atom stereocenters. The van der Waals surface area contributed by atoms with Crippen molar-refractivity contribution in [3.05, 3.63) is 46.5 Å². The maximum atomic E-state index is 13.5. The van der Waals surface area contributed by atoms with Crippen LogP contribution < -0.4 is 0 Å². The highest BCUT2D eigenvalue weighted by Gasteiger charge is 2.59. The van der Waals surface area contributed by atoms with Gasteiger partial charge in [-0.3, -0.25) is 9.69 Å². The van der Waals surface area contributed by atoms with Crippen LogP contribution in [0.3, 0.4) is 0 Å². The third kappa shape index (κ3) is 9.41. The van der Waals surface area contributed by atoms with Crippen LogP contribution in [0.4, 0.5) is 0 Å². The molecule has 8 nitrogen and oxygen atoms in total. The summed E-state index contributed by atoms with van der Waals surface area (Å²) in [6.45, 7) is 16.5. The minimum absolute atomic E-state index is 0.0681. The van der Waals surface area contributed by atoms with Gasteiger partial charge in [-0.05, 0) is 115 Å². The predicted octanol–water partition coefficient (Wildman–Crippen LogP) is 8.79. The summed E-state index contributed by atoms with van der Waals surface area (Å²) in [6.07, 6.45) is 16.4. The second-order valence-electron chi connectivity index (χ2n) is 18.1. The van der Waals surface area contributed by atoms with E-state index < -0.39 is 0 Å². The van der Waals surface area contributed by atoms with E-state index in [1.54, 1.807) is 12.7 Å². The summed E-state index contributed by atoms with van der Waals surface area (Å²) < 4.78 is 27.4. The lowest BCUT2D eigenvalue weighted by Crippen LogP contribution is -2.51. The largest absolute Gasteiger partial charge is 0.462 e. The fourth-order valence-corrected chi connectivity index (χ4v) is 11.6. The lowest BCUT2D eigenvalue weighted by Gasteiger charge is -2.58. The smallest absolute Gasteiger partial charge is 0.338 e. The lowest BCUT2D eigenvalue weighted by atomic mass is 9.47. The van der Waals surface area contributed by atoms with Gasteiger partial charge in [-0.15, -0.1) is 0 Å². The highest BCUT2D eigenvalue weighted by molar-refractivity contribution is 5.90. The van der Waals surface area contributed by atoms with Gasteiger partial charge in [0, 0.05) is 26.6 Å². The summed E-state index contributed by atoms with van der Waals surface area (Å²) in [4.78, 5) is 28.0. The Kier molecular flexibility index (Phi) is 13.8. The number of hydrogen-bond acceptors (Lipinski definition) is 8. The average molecular weight is 736 g/mol. The third-order valence-corrected chi connectivity index (χ3v) is 14.4. The minimum atomic E-state index is -0.276. The van der Waals surface area contributed by atoms with Crippen molar-refractivity contribution in [2.75, 3.05) is 53.3 Å². The first kappa shape index (κ1) is 40.4. The molecule has 0 spiro atoms. The van der Waals surface area contributed by atoms with E-state index in [-0.39, 0.29) is 36.6 Å². The standard InChI is InChI=1S/C45H69NO7/c1-31(2)8-7-9-32(3)39-14-15-40-38-13-12-36-27-37(16-18-44(36,4)41(38)17-19-45(39,40)5)53-43(48)33-10-11-34-28-46(29-35(34)26-33)30-42(47)52-25-24-51-23-22-50-21-20-49-6/h10-12,26,31-32,37-41H,7-9,13-25,27-30H2,1-6H3/t32-,37+,38+,39-,40+,41+,44+,45-/m1/s1. The van der Waals surface area contributed by atoms with Crippen LogP contribution in [-0.4, -0.2) is 76.2 Å². The van der Waals surface area contributed by atoms with Crippen molar-refractivity contribution >= 4 is 11.9 Å². The van der Waals surface area contributed by atoms with Crippen molar-refractivity contribution in [3.8, 4) is 0 Å². The van der Waals surface area contributed by atoms with Gasteiger partial charge in [-0.2, -0.15) is 0 Å². The van der Waals surface area contributed by atoms with Crippen LogP contribution in [0.15, 0.2) is 29.8 Å². The van der Waals surface area contributed by atoms with Crippen molar-refractivity contribution in [2.45, 2.75) is 124 Å². The zero-order chi connectivity index (χ0) is 37.6. The monoisotopic (exact) mass is 736 g/mol. The maximum absolute atomic E-state index is 13.5. The number of esters is 2. The Balaban J connectivity index is 0.958. The van der Waals surface area contributed by atoms with Crippen molar-refractivity contribution in [2.24, 2.45) is 46.3 Å². The molecule has 1 aromatic carbocycles. The normalized spacial score (nSPS) is 31.3. The van der Waals surface area contributed by atoms with Crippen molar-refractivity contribution in [3.63, 3.8) is 0 Å². The summed E-state index contributed by atoms with van der Waals surface area (Å²) in [5, 5.41) is 0. The Labute approximate surface area is 320 Å². The molecule has 0 bridgehead atoms. The van der Waals surface area contributed by atoms with Gasteiger partial charge in [-0.1, -0.05) is 71.6 Å². The number of rotatable bonds is 18. The molecule has 0 radical (unpaired) electrons. The van der Waals surface area contributed by atoms with E-state index in [2.05, 4.69) is 40.7 Å². The first-order valence-electron chi connectivity index (χ1n) is 21.1. The molecule has 3 saturated carbocycles. The maximum Gasteiger partial charge on any atom is 0.338 e. The quantitative estimate of drug-likeness (QED) is 0.0841. The van der Waals surface area contributed by atoms with E-state index >= 15 is 0 Å². The minimum Gasteiger partial charge on any atom is -0.462 e. The Bertz CT molecular complexity index is 1430. The number of nitrogens with zero attached hydrogens (tertiary/aromatic N) is 1. The number of carbonyl (C=O) groups is 2. The zero-order valence-electron chi connectivity index (χ0n) is 33.8. The number of fused-ring (bicyclic) bond motifs is 6. The molecular formula is C45H69NO7. The summed E-state index contributed by atoms with van der Waals surface area (Å²) in [5.74, 6) is 4.44. The highest BCUT2D eigenvalue weighted by Crippen LogP contribution is 2.67. The Morgan fingerprint density at radius 2 is 1.62 bits per heavy atom. The summed E-state index contributed by atoms with van der Waals surface area (Å²) >= 11 is 0. The van der Waals surface area contributed by atoms with Gasteiger partial charge in [0.15, 0.2) is 0 Å². The highest BCUT2D eigenvalue weighted by atomic mass is 16.6. The number of allylic oxidation sites excluding steroid dienone is 1. The summed E-state index contributed by atoms with van der Waals surface area (Å²) in [7, 11) is 1.64. The van der Waals surface area contributed by atoms with Crippen LogP contribution in [0.1, 0.15) is 127 Å². The molecule has 0 amide bonds. The Morgan fingerprint density at radius 3 is 2.40 bits per heavy atom. The summed E-state index contributed by atoms with van der Waals surface area (Å²) in [6, 6.07) is 5.86. The molecule has 53 heavy (non-hydrogen) atoms. The second kappa shape index (κ2) is 18.1. The van der Waals surface area contributed by atoms with Crippen LogP contribution in [0.5, 0.6) is 0 Å². The van der Waals surface area contributed by atoms with Gasteiger partial charge < -0.3 is 23.7 Å². The molecule has 1 aliphatic heterocycles. The van der Waals surface area contributed by atoms with Crippen LogP contribution in [-0.2, 0) is 41.6 Å². The molecule has 8 heteroatoms. The SMILES string of the molecule is COCCOCCOCCOC(=O)CN1Cc2ccc(C(=O)O[C@H]3CC[C@@]4(C)C(=CC[C@H]5[C@@H]6CC[C@H]([C@H](C)CCCC(C)C)[C@@]6(C)CC[C@@H]54)C3)cc2C1. The molecule has 6 rings (SSSR count). The van der Waals surface area contributed by atoms with Gasteiger partial charge in [0.2, 0.25) is 0 Å². The average Bonchev–Trinajstić information content (AvgIpc) is 3.70. The van der Waals surface area contributed by atoms with Gasteiger partial charge >= 0.3 is 11.9 Å². The molecule has 5 aliphatic rings. The van der Waals surface area contributed by atoms with E-state index in [0.717, 1.165) is 65.9 Å². The number of carbonyl (C=O) groups excluding carboxylic acids is 2. The van der Waals surface area contributed by atoms with E-state index in [0.29, 0.717) is 57.1 Å². The molecular weight excluding hydrogens is 666 g/mol. The van der Waals surface area contributed by atoms with Crippen molar-refractivity contribution < 1.29 is 33.3 Å². The van der Waals surface area contributed by atoms with E-state index in [1.807, 2.05) is 23.1 Å². The Hall–Kier alpha value is -2.26. The lowest BCUT2D eigenvalue weighted by molar-refractivity contribution is -0.146. The van der Waals surface area contributed by atoms with Crippen LogP contribution in [0.25, 0.3) is 0 Å². The molecule has 0 aromatic heterocycles. The predicted molar refractivity (Wildman–Crippen MR) is 207 cm³/mol. The second-order valence-corrected chi connectivity index (χ2v) is 18.1. The van der Waals surface area contributed by atoms with Crippen LogP contribution >= 0.6 is 0 Å². The number of methoxy groups -OCH3 is 1. The van der Waals surface area contributed by atoms with Gasteiger partial charge in [0.25, 0.3) is 0 Å². The molecule has 3 fully saturated rings. The topological polar surface area (TPSA) is 83.5 Å². The zero-order valence-corrected chi connectivity index (χ0v) is 33.8. The van der Waals surface area contributed by atoms with Crippen LogP contribution in [0, 0.1) is 46.3 Å². The molecule has 1 aromatic rings. The molecule has 4 aliphatic carbocycles. The first-order chi connectivity index (χ1) is 25.5. The fraction of sp³-hybridized carbons (Fsp3) is 0.778. The fourth-order valence-electron chi connectivity index (χ4n) is 11.6. The van der Waals surface area contributed by atoms with Crippen molar-refractivity contribution in [1.82, 2.24) is 4.90 Å². The van der Waals surface area contributed by atoms with Gasteiger partial charge in [0.1, 0.15) is 12.7 Å². The van der Waals surface area contributed by atoms with E-state index in [9.17, 15) is 9.59 Å².